The molecule has 3 N–H and O–H groups in total. The van der Waals surface area contributed by atoms with Crippen molar-refractivity contribution in [2.45, 2.75) is 58.9 Å². The standard InChI is InChI=1S/C15H28N4S.HI/c1-11(2)6-5-7-13(4)19-15(16)18-10-12(3)14-17-8-9-20-14;/h8-9,11-13H,5-7,10H2,1-4H3,(H3,16,18,19);1H. The molecule has 1 heterocycles. The van der Waals surface area contributed by atoms with Crippen molar-refractivity contribution in [2.75, 3.05) is 6.54 Å². The lowest BCUT2D eigenvalue weighted by molar-refractivity contribution is 0.493. The van der Waals surface area contributed by atoms with Crippen LogP contribution in [-0.2, 0) is 0 Å². The normalized spacial score (nSPS) is 14.6. The van der Waals surface area contributed by atoms with Crippen LogP contribution in [0.3, 0.4) is 0 Å². The number of hydrogen-bond donors (Lipinski definition) is 2. The van der Waals surface area contributed by atoms with E-state index in [2.05, 4.69) is 43.0 Å². The molecule has 1 aromatic heterocycles. The van der Waals surface area contributed by atoms with Crippen molar-refractivity contribution in [2.24, 2.45) is 16.6 Å². The van der Waals surface area contributed by atoms with Crippen molar-refractivity contribution in [1.29, 1.82) is 0 Å². The molecular weight excluding hydrogens is 395 g/mol. The molecule has 0 spiro atoms. The summed E-state index contributed by atoms with van der Waals surface area (Å²) in [4.78, 5) is 8.71. The van der Waals surface area contributed by atoms with Crippen LogP contribution < -0.4 is 11.1 Å². The summed E-state index contributed by atoms with van der Waals surface area (Å²) in [6.45, 7) is 9.49. The zero-order chi connectivity index (χ0) is 15.0. The Balaban J connectivity index is 0.00000400. The summed E-state index contributed by atoms with van der Waals surface area (Å²) >= 11 is 1.67. The number of guanidine groups is 1. The largest absolute Gasteiger partial charge is 0.370 e. The molecule has 2 unspecified atom stereocenters. The average molecular weight is 424 g/mol. The van der Waals surface area contributed by atoms with E-state index < -0.39 is 0 Å². The quantitative estimate of drug-likeness (QED) is 0.377. The number of nitrogens with two attached hydrogens (primary N) is 1. The first-order valence-corrected chi connectivity index (χ1v) is 8.32. The minimum Gasteiger partial charge on any atom is -0.370 e. The van der Waals surface area contributed by atoms with Crippen LogP contribution in [0.5, 0.6) is 0 Å². The zero-order valence-electron chi connectivity index (χ0n) is 13.5. The van der Waals surface area contributed by atoms with Crippen LogP contribution in [0, 0.1) is 5.92 Å². The Morgan fingerprint density at radius 3 is 2.62 bits per heavy atom. The topological polar surface area (TPSA) is 63.3 Å². The third-order valence-electron chi connectivity index (χ3n) is 3.22. The highest BCUT2D eigenvalue weighted by atomic mass is 127. The number of hydrogen-bond acceptors (Lipinski definition) is 3. The van der Waals surface area contributed by atoms with Gasteiger partial charge in [-0.05, 0) is 19.3 Å². The second-order valence-electron chi connectivity index (χ2n) is 5.87. The molecule has 2 atom stereocenters. The van der Waals surface area contributed by atoms with Gasteiger partial charge in [0.25, 0.3) is 0 Å². The lowest BCUT2D eigenvalue weighted by Crippen LogP contribution is -2.38. The first-order valence-electron chi connectivity index (χ1n) is 7.44. The first kappa shape index (κ1) is 20.6. The third-order valence-corrected chi connectivity index (χ3v) is 4.23. The molecule has 0 aliphatic rings. The molecule has 0 aromatic carbocycles. The van der Waals surface area contributed by atoms with Gasteiger partial charge >= 0.3 is 0 Å². The Labute approximate surface area is 150 Å². The Kier molecular flexibility index (Phi) is 11.0. The molecule has 0 saturated heterocycles. The molecule has 0 fully saturated rings. The number of aromatic nitrogens is 1. The number of thiazole rings is 1. The van der Waals surface area contributed by atoms with Crippen molar-refractivity contribution < 1.29 is 0 Å². The highest BCUT2D eigenvalue weighted by molar-refractivity contribution is 14.0. The molecule has 0 amide bonds. The van der Waals surface area contributed by atoms with Gasteiger partial charge in [-0.25, -0.2) is 4.98 Å². The van der Waals surface area contributed by atoms with Crippen molar-refractivity contribution in [3.8, 4) is 0 Å². The van der Waals surface area contributed by atoms with Crippen molar-refractivity contribution >= 4 is 41.3 Å². The fourth-order valence-corrected chi connectivity index (χ4v) is 2.68. The van der Waals surface area contributed by atoms with E-state index in [0.717, 1.165) is 17.3 Å². The van der Waals surface area contributed by atoms with E-state index in [-0.39, 0.29) is 24.0 Å². The van der Waals surface area contributed by atoms with Gasteiger partial charge in [0.05, 0.1) is 11.6 Å². The van der Waals surface area contributed by atoms with E-state index >= 15 is 0 Å². The molecule has 0 radical (unpaired) electrons. The van der Waals surface area contributed by atoms with Gasteiger partial charge in [0.15, 0.2) is 5.96 Å². The lowest BCUT2D eigenvalue weighted by Gasteiger charge is -2.15. The summed E-state index contributed by atoms with van der Waals surface area (Å²) in [6, 6.07) is 0.382. The molecular formula is C15H29IN4S. The lowest BCUT2D eigenvalue weighted by atomic mass is 10.0. The predicted molar refractivity (Wildman–Crippen MR) is 104 cm³/mol. The van der Waals surface area contributed by atoms with Gasteiger partial charge in [0, 0.05) is 23.5 Å². The molecule has 0 saturated carbocycles. The van der Waals surface area contributed by atoms with Crippen LogP contribution in [0.15, 0.2) is 16.6 Å². The number of nitrogens with one attached hydrogen (secondary N) is 1. The maximum atomic E-state index is 5.93. The van der Waals surface area contributed by atoms with Crippen molar-refractivity contribution in [1.82, 2.24) is 10.3 Å². The van der Waals surface area contributed by atoms with Crippen molar-refractivity contribution in [3.05, 3.63) is 16.6 Å². The van der Waals surface area contributed by atoms with E-state index in [9.17, 15) is 0 Å². The second kappa shape index (κ2) is 11.2. The summed E-state index contributed by atoms with van der Waals surface area (Å²) < 4.78 is 0. The maximum absolute atomic E-state index is 5.93. The molecule has 21 heavy (non-hydrogen) atoms. The molecule has 1 aromatic rings. The minimum atomic E-state index is 0. The van der Waals surface area contributed by atoms with Crippen LogP contribution >= 0.6 is 35.3 Å². The SMILES string of the molecule is CC(C)CCCC(C)NC(N)=NCC(C)c1nccs1.I. The van der Waals surface area contributed by atoms with Crippen LogP contribution in [0.1, 0.15) is 57.9 Å². The monoisotopic (exact) mass is 424 g/mol. The Morgan fingerprint density at radius 1 is 1.33 bits per heavy atom. The van der Waals surface area contributed by atoms with Gasteiger partial charge in [-0.2, -0.15) is 0 Å². The highest BCUT2D eigenvalue weighted by Gasteiger charge is 2.08. The summed E-state index contributed by atoms with van der Waals surface area (Å²) in [5.41, 5.74) is 5.93. The molecule has 0 aliphatic heterocycles. The molecule has 0 bridgehead atoms. The van der Waals surface area contributed by atoms with Gasteiger partial charge < -0.3 is 11.1 Å². The zero-order valence-corrected chi connectivity index (χ0v) is 16.7. The molecule has 1 rings (SSSR count). The maximum Gasteiger partial charge on any atom is 0.188 e. The Bertz CT molecular complexity index is 392. The smallest absolute Gasteiger partial charge is 0.188 e. The van der Waals surface area contributed by atoms with Crippen LogP contribution in [0.4, 0.5) is 0 Å². The Morgan fingerprint density at radius 2 is 2.05 bits per heavy atom. The van der Waals surface area contributed by atoms with E-state index in [1.165, 1.54) is 12.8 Å². The predicted octanol–water partition coefficient (Wildman–Crippen LogP) is 3.98. The fourth-order valence-electron chi connectivity index (χ4n) is 1.99. The summed E-state index contributed by atoms with van der Waals surface area (Å²) in [5.74, 6) is 1.64. The number of halogens is 1. The number of nitrogens with zero attached hydrogens (tertiary/aromatic N) is 2. The molecule has 6 heteroatoms. The fraction of sp³-hybridized carbons (Fsp3) is 0.733. The van der Waals surface area contributed by atoms with Crippen LogP contribution in [0.25, 0.3) is 0 Å². The number of aliphatic imine (C=N–C) groups is 1. The summed E-state index contributed by atoms with van der Waals surface area (Å²) in [6.07, 6.45) is 5.47. The van der Waals surface area contributed by atoms with Crippen LogP contribution in [0.2, 0.25) is 0 Å². The van der Waals surface area contributed by atoms with E-state index in [4.69, 9.17) is 5.73 Å². The molecule has 0 aliphatic carbocycles. The van der Waals surface area contributed by atoms with Gasteiger partial charge in [-0.3, -0.25) is 4.99 Å². The average Bonchev–Trinajstić information content (AvgIpc) is 2.89. The van der Waals surface area contributed by atoms with Gasteiger partial charge in [0.1, 0.15) is 0 Å². The summed E-state index contributed by atoms with van der Waals surface area (Å²) in [7, 11) is 0. The van der Waals surface area contributed by atoms with Gasteiger partial charge in [0.2, 0.25) is 0 Å². The van der Waals surface area contributed by atoms with E-state index in [1.807, 2.05) is 11.6 Å². The minimum absolute atomic E-state index is 0. The van der Waals surface area contributed by atoms with E-state index in [0.29, 0.717) is 24.5 Å². The third kappa shape index (κ3) is 9.29. The molecule has 4 nitrogen and oxygen atoms in total. The van der Waals surface area contributed by atoms with Gasteiger partial charge in [-0.1, -0.05) is 33.6 Å². The molecule has 122 valence electrons. The first-order chi connectivity index (χ1) is 9.49. The van der Waals surface area contributed by atoms with Gasteiger partial charge in [-0.15, -0.1) is 35.3 Å². The second-order valence-corrected chi connectivity index (χ2v) is 6.79. The summed E-state index contributed by atoms with van der Waals surface area (Å²) in [5, 5.41) is 6.38. The van der Waals surface area contributed by atoms with Crippen molar-refractivity contribution in [3.63, 3.8) is 0 Å². The number of rotatable bonds is 8. The van der Waals surface area contributed by atoms with E-state index in [1.54, 1.807) is 11.3 Å². The van der Waals surface area contributed by atoms with Crippen LogP contribution in [-0.4, -0.2) is 23.5 Å². The highest BCUT2D eigenvalue weighted by Crippen LogP contribution is 2.17. The Hall–Kier alpha value is -0.370.